The number of halogens is 3. The van der Waals surface area contributed by atoms with Gasteiger partial charge in [-0.1, -0.05) is 6.07 Å². The van der Waals surface area contributed by atoms with Gasteiger partial charge in [0.25, 0.3) is 0 Å². The summed E-state index contributed by atoms with van der Waals surface area (Å²) in [4.78, 5) is 23.6. The molecular formula is C20H20F3NO5. The van der Waals surface area contributed by atoms with Crippen LogP contribution >= 0.6 is 0 Å². The van der Waals surface area contributed by atoms with Crippen LogP contribution in [0.25, 0.3) is 0 Å². The highest BCUT2D eigenvalue weighted by molar-refractivity contribution is 5.95. The van der Waals surface area contributed by atoms with Crippen molar-refractivity contribution in [2.45, 2.75) is 32.5 Å². The lowest BCUT2D eigenvalue weighted by atomic mass is 10.0. The third-order valence-corrected chi connectivity index (χ3v) is 3.83. The Labute approximate surface area is 165 Å². The molecule has 1 amide bonds. The molecule has 0 aliphatic carbocycles. The minimum absolute atomic E-state index is 0.0289. The molecule has 6 nitrogen and oxygen atoms in total. The lowest BCUT2D eigenvalue weighted by Crippen LogP contribution is -2.18. The third kappa shape index (κ3) is 5.87. The Morgan fingerprint density at radius 3 is 2.38 bits per heavy atom. The highest BCUT2D eigenvalue weighted by atomic mass is 19.4. The van der Waals surface area contributed by atoms with Crippen LogP contribution in [0.15, 0.2) is 36.4 Å². The van der Waals surface area contributed by atoms with Crippen molar-refractivity contribution in [2.24, 2.45) is 0 Å². The number of carbonyl (C=O) groups is 2. The van der Waals surface area contributed by atoms with Crippen molar-refractivity contribution in [1.82, 2.24) is 0 Å². The normalized spacial score (nSPS) is 11.3. The molecule has 9 heteroatoms. The average molecular weight is 411 g/mol. The van der Waals surface area contributed by atoms with Crippen molar-refractivity contribution < 1.29 is 37.3 Å². The number of methoxy groups -OCH3 is 1. The summed E-state index contributed by atoms with van der Waals surface area (Å²) in [6.45, 7) is 3.42. The fraction of sp³-hybridized carbons (Fsp3) is 0.300. The molecule has 0 fully saturated rings. The number of aromatic carboxylic acids is 1. The van der Waals surface area contributed by atoms with E-state index < -0.39 is 30.0 Å². The first kappa shape index (κ1) is 22.1. The quantitative estimate of drug-likeness (QED) is 0.706. The van der Waals surface area contributed by atoms with E-state index in [1.54, 1.807) is 13.8 Å². The largest absolute Gasteiger partial charge is 0.497 e. The highest BCUT2D eigenvalue weighted by Crippen LogP contribution is 2.35. The van der Waals surface area contributed by atoms with Crippen molar-refractivity contribution >= 4 is 17.6 Å². The molecule has 29 heavy (non-hydrogen) atoms. The minimum atomic E-state index is -4.65. The number of rotatable bonds is 7. The van der Waals surface area contributed by atoms with Crippen LogP contribution in [0.3, 0.4) is 0 Å². The number of alkyl halides is 3. The Balaban J connectivity index is 2.24. The molecule has 0 spiro atoms. The van der Waals surface area contributed by atoms with Gasteiger partial charge in [0.15, 0.2) is 0 Å². The number of hydrogen-bond donors (Lipinski definition) is 2. The van der Waals surface area contributed by atoms with Gasteiger partial charge in [-0.25, -0.2) is 4.79 Å². The summed E-state index contributed by atoms with van der Waals surface area (Å²) < 4.78 is 50.1. The highest BCUT2D eigenvalue weighted by Gasteiger charge is 2.34. The monoisotopic (exact) mass is 411 g/mol. The number of ether oxygens (including phenoxy) is 2. The minimum Gasteiger partial charge on any atom is -0.497 e. The van der Waals surface area contributed by atoms with Crippen molar-refractivity contribution in [2.75, 3.05) is 12.4 Å². The molecule has 0 aliphatic heterocycles. The predicted octanol–water partition coefficient (Wildman–Crippen LogP) is 4.38. The van der Waals surface area contributed by atoms with Crippen LogP contribution in [0.4, 0.5) is 18.9 Å². The number of hydrogen-bond acceptors (Lipinski definition) is 4. The third-order valence-electron chi connectivity index (χ3n) is 3.83. The molecular weight excluding hydrogens is 391 g/mol. The summed E-state index contributed by atoms with van der Waals surface area (Å²) in [5.41, 5.74) is -1.06. The van der Waals surface area contributed by atoms with Crippen LogP contribution < -0.4 is 14.8 Å². The number of benzene rings is 2. The van der Waals surface area contributed by atoms with Gasteiger partial charge in [-0.05, 0) is 43.7 Å². The maximum Gasteiger partial charge on any atom is 0.416 e. The molecule has 2 rings (SSSR count). The number of amides is 1. The Morgan fingerprint density at radius 1 is 1.14 bits per heavy atom. The Bertz CT molecular complexity index is 909. The molecule has 0 aliphatic rings. The zero-order valence-electron chi connectivity index (χ0n) is 16.0. The maximum absolute atomic E-state index is 13.3. The van der Waals surface area contributed by atoms with E-state index in [1.807, 2.05) is 0 Å². The van der Waals surface area contributed by atoms with Crippen LogP contribution in [-0.4, -0.2) is 30.2 Å². The standard InChI is InChI=1S/C20H20F3NO5/c1-11(2)29-17-9-13(5-7-15(17)19(26)27)24-18(25)8-12-4-6-14(28-3)10-16(12)20(21,22)23/h4-7,9-11H,8H2,1-3H3,(H,24,25)(H,26,27). The molecule has 2 aromatic rings. The fourth-order valence-corrected chi connectivity index (χ4v) is 2.61. The topological polar surface area (TPSA) is 84.9 Å². The van der Waals surface area contributed by atoms with E-state index in [0.717, 1.165) is 6.07 Å². The van der Waals surface area contributed by atoms with Gasteiger partial charge in [-0.2, -0.15) is 13.2 Å². The van der Waals surface area contributed by atoms with Gasteiger partial charge in [0.2, 0.25) is 5.91 Å². The molecule has 156 valence electrons. The van der Waals surface area contributed by atoms with E-state index in [0.29, 0.717) is 0 Å². The summed E-state index contributed by atoms with van der Waals surface area (Å²) in [6.07, 6.45) is -5.49. The van der Waals surface area contributed by atoms with E-state index in [-0.39, 0.29) is 34.4 Å². The molecule has 0 aromatic heterocycles. The van der Waals surface area contributed by atoms with E-state index in [1.165, 1.54) is 37.4 Å². The number of carboxylic acids is 1. The second-order valence-corrected chi connectivity index (χ2v) is 6.43. The number of anilines is 1. The average Bonchev–Trinajstić information content (AvgIpc) is 2.60. The smallest absolute Gasteiger partial charge is 0.416 e. The van der Waals surface area contributed by atoms with Crippen molar-refractivity contribution in [3.8, 4) is 11.5 Å². The van der Waals surface area contributed by atoms with Crippen LogP contribution in [0, 0.1) is 0 Å². The van der Waals surface area contributed by atoms with E-state index in [2.05, 4.69) is 5.32 Å². The van der Waals surface area contributed by atoms with E-state index in [4.69, 9.17) is 9.47 Å². The van der Waals surface area contributed by atoms with Gasteiger partial charge in [-0.3, -0.25) is 4.79 Å². The molecule has 2 aromatic carbocycles. The van der Waals surface area contributed by atoms with Gasteiger partial charge in [0.1, 0.15) is 17.1 Å². The zero-order chi connectivity index (χ0) is 21.8. The zero-order valence-corrected chi connectivity index (χ0v) is 16.0. The first-order chi connectivity index (χ1) is 13.5. The maximum atomic E-state index is 13.3. The van der Waals surface area contributed by atoms with Crippen LogP contribution in [-0.2, 0) is 17.4 Å². The van der Waals surface area contributed by atoms with Crippen LogP contribution in [0.5, 0.6) is 11.5 Å². The second-order valence-electron chi connectivity index (χ2n) is 6.43. The lowest BCUT2D eigenvalue weighted by Gasteiger charge is -2.16. The summed E-state index contributed by atoms with van der Waals surface area (Å²) in [5.74, 6) is -1.82. The van der Waals surface area contributed by atoms with E-state index in [9.17, 15) is 27.9 Å². The van der Waals surface area contributed by atoms with Crippen molar-refractivity contribution in [1.29, 1.82) is 0 Å². The molecule has 0 saturated heterocycles. The molecule has 0 bridgehead atoms. The number of nitrogens with one attached hydrogen (secondary N) is 1. The number of carboxylic acid groups (broad SMARTS) is 1. The Hall–Kier alpha value is -3.23. The summed E-state index contributed by atoms with van der Waals surface area (Å²) >= 11 is 0. The predicted molar refractivity (Wildman–Crippen MR) is 99.5 cm³/mol. The first-order valence-corrected chi connectivity index (χ1v) is 8.59. The number of carbonyl (C=O) groups excluding carboxylic acids is 1. The van der Waals surface area contributed by atoms with Gasteiger partial charge < -0.3 is 19.9 Å². The summed E-state index contributed by atoms with van der Waals surface area (Å²) in [7, 11) is 1.25. The van der Waals surface area contributed by atoms with Gasteiger partial charge in [-0.15, -0.1) is 0 Å². The lowest BCUT2D eigenvalue weighted by molar-refractivity contribution is -0.138. The molecule has 0 atom stereocenters. The van der Waals surface area contributed by atoms with Gasteiger partial charge in [0, 0.05) is 11.8 Å². The van der Waals surface area contributed by atoms with Crippen molar-refractivity contribution in [3.05, 3.63) is 53.1 Å². The van der Waals surface area contributed by atoms with Crippen LogP contribution in [0.1, 0.15) is 35.3 Å². The van der Waals surface area contributed by atoms with Gasteiger partial charge >= 0.3 is 12.1 Å². The molecule has 2 N–H and O–H groups in total. The molecule has 0 radical (unpaired) electrons. The molecule has 0 saturated carbocycles. The van der Waals surface area contributed by atoms with E-state index >= 15 is 0 Å². The second kappa shape index (κ2) is 8.85. The summed E-state index contributed by atoms with van der Waals surface area (Å²) in [5, 5.41) is 11.7. The molecule has 0 unspecified atom stereocenters. The summed E-state index contributed by atoms with van der Waals surface area (Å²) in [6, 6.07) is 7.27. The first-order valence-electron chi connectivity index (χ1n) is 8.59. The Kier molecular flexibility index (Phi) is 6.73. The van der Waals surface area contributed by atoms with Gasteiger partial charge in [0.05, 0.1) is 25.2 Å². The van der Waals surface area contributed by atoms with Crippen molar-refractivity contribution in [3.63, 3.8) is 0 Å². The van der Waals surface area contributed by atoms with Crippen LogP contribution in [0.2, 0.25) is 0 Å². The SMILES string of the molecule is COc1ccc(CC(=O)Nc2ccc(C(=O)O)c(OC(C)C)c2)c(C(F)(F)F)c1. The molecule has 0 heterocycles. The fourth-order valence-electron chi connectivity index (χ4n) is 2.61. The Morgan fingerprint density at radius 2 is 1.83 bits per heavy atom.